The van der Waals surface area contributed by atoms with Crippen LogP contribution >= 0.6 is 12.6 Å². The first-order valence-electron chi connectivity index (χ1n) is 3.68. The molecule has 3 heteroatoms. The van der Waals surface area contributed by atoms with Gasteiger partial charge < -0.3 is 5.11 Å². The van der Waals surface area contributed by atoms with Gasteiger partial charge in [0.1, 0.15) is 0 Å². The van der Waals surface area contributed by atoms with E-state index in [4.69, 9.17) is 5.11 Å². The average Bonchev–Trinajstić information content (AvgIpc) is 2.01. The summed E-state index contributed by atoms with van der Waals surface area (Å²) in [5, 5.41) is 8.42. The summed E-state index contributed by atoms with van der Waals surface area (Å²) in [5.74, 6) is -0.764. The lowest BCUT2D eigenvalue weighted by Crippen LogP contribution is -1.97. The highest BCUT2D eigenvalue weighted by Crippen LogP contribution is 2.10. The zero-order valence-corrected chi connectivity index (χ0v) is 7.42. The molecule has 0 aliphatic rings. The molecule has 0 bridgehead atoms. The number of carboxylic acids is 1. The Morgan fingerprint density at radius 2 is 2.25 bits per heavy atom. The summed E-state index contributed by atoms with van der Waals surface area (Å²) < 4.78 is 0. The second-order valence-electron chi connectivity index (χ2n) is 2.56. The van der Waals surface area contributed by atoms with E-state index in [1.54, 1.807) is 0 Å². The minimum absolute atomic E-state index is 0.178. The highest BCUT2D eigenvalue weighted by atomic mass is 32.1. The van der Waals surface area contributed by atoms with Crippen LogP contribution < -0.4 is 0 Å². The minimum atomic E-state index is -0.764. The number of benzene rings is 1. The van der Waals surface area contributed by atoms with E-state index in [9.17, 15) is 4.79 Å². The van der Waals surface area contributed by atoms with Crippen molar-refractivity contribution in [2.45, 2.75) is 17.7 Å². The van der Waals surface area contributed by atoms with Gasteiger partial charge in [0.15, 0.2) is 0 Å². The second-order valence-corrected chi connectivity index (χ2v) is 3.08. The predicted octanol–water partition coefficient (Wildman–Crippen LogP) is 1.99. The quantitative estimate of drug-likeness (QED) is 0.701. The summed E-state index contributed by atoms with van der Waals surface area (Å²) in [6.45, 7) is 0. The van der Waals surface area contributed by atoms with E-state index in [2.05, 4.69) is 12.6 Å². The number of rotatable bonds is 3. The topological polar surface area (TPSA) is 37.3 Å². The maximum absolute atomic E-state index is 10.2. The Labute approximate surface area is 76.6 Å². The first-order chi connectivity index (χ1) is 5.68. The van der Waals surface area contributed by atoms with Gasteiger partial charge in [-0.05, 0) is 24.1 Å². The smallest absolute Gasteiger partial charge is 0.303 e. The van der Waals surface area contributed by atoms with Gasteiger partial charge in [-0.25, -0.2) is 0 Å². The molecule has 0 saturated heterocycles. The summed E-state index contributed by atoms with van der Waals surface area (Å²) in [5.41, 5.74) is 1.02. The monoisotopic (exact) mass is 182 g/mol. The molecule has 0 aliphatic carbocycles. The molecule has 1 N–H and O–H groups in total. The van der Waals surface area contributed by atoms with Crippen LogP contribution in [0.15, 0.2) is 29.2 Å². The summed E-state index contributed by atoms with van der Waals surface area (Å²) >= 11 is 4.15. The summed E-state index contributed by atoms with van der Waals surface area (Å²) in [6.07, 6.45) is 0.751. The Morgan fingerprint density at radius 1 is 1.50 bits per heavy atom. The average molecular weight is 182 g/mol. The molecule has 0 aromatic heterocycles. The van der Waals surface area contributed by atoms with Crippen LogP contribution in [0, 0.1) is 0 Å². The SMILES string of the molecule is O=C(O)CCc1cccc(S)c1. The highest BCUT2D eigenvalue weighted by Gasteiger charge is 1.98. The Morgan fingerprint density at radius 3 is 2.83 bits per heavy atom. The van der Waals surface area contributed by atoms with Crippen LogP contribution in [0.3, 0.4) is 0 Å². The molecule has 0 fully saturated rings. The maximum atomic E-state index is 10.2. The molecule has 2 nitrogen and oxygen atoms in total. The number of thiol groups is 1. The molecule has 0 atom stereocenters. The normalized spacial score (nSPS) is 9.75. The molecule has 0 radical (unpaired) electrons. The van der Waals surface area contributed by atoms with Crippen molar-refractivity contribution in [3.05, 3.63) is 29.8 Å². The molecule has 0 amide bonds. The fraction of sp³-hybridized carbons (Fsp3) is 0.222. The Balaban J connectivity index is 2.57. The molecule has 1 rings (SSSR count). The van der Waals surface area contributed by atoms with E-state index in [1.807, 2.05) is 24.3 Å². The Kier molecular flexibility index (Phi) is 3.17. The summed E-state index contributed by atoms with van der Waals surface area (Å²) in [4.78, 5) is 11.1. The van der Waals surface area contributed by atoms with Crippen LogP contribution in [0.2, 0.25) is 0 Å². The van der Waals surface area contributed by atoms with Gasteiger partial charge in [-0.15, -0.1) is 12.6 Å². The van der Waals surface area contributed by atoms with Crippen molar-refractivity contribution in [1.82, 2.24) is 0 Å². The zero-order chi connectivity index (χ0) is 8.97. The minimum Gasteiger partial charge on any atom is -0.481 e. The lowest BCUT2D eigenvalue weighted by atomic mass is 10.1. The van der Waals surface area contributed by atoms with Gasteiger partial charge in [0.25, 0.3) is 0 Å². The molecule has 64 valence electrons. The largest absolute Gasteiger partial charge is 0.481 e. The third-order valence-corrected chi connectivity index (χ3v) is 1.82. The van der Waals surface area contributed by atoms with Gasteiger partial charge in [0, 0.05) is 11.3 Å². The third-order valence-electron chi connectivity index (χ3n) is 1.54. The number of carbonyl (C=O) groups is 1. The number of aliphatic carboxylic acids is 1. The van der Waals surface area contributed by atoms with Crippen molar-refractivity contribution >= 4 is 18.6 Å². The zero-order valence-electron chi connectivity index (χ0n) is 6.53. The molecule has 1 aromatic rings. The Bertz CT molecular complexity index is 284. The van der Waals surface area contributed by atoms with E-state index in [0.29, 0.717) is 6.42 Å². The lowest BCUT2D eigenvalue weighted by Gasteiger charge is -1.98. The molecule has 12 heavy (non-hydrogen) atoms. The van der Waals surface area contributed by atoms with Crippen LogP contribution in [0.25, 0.3) is 0 Å². The van der Waals surface area contributed by atoms with E-state index in [-0.39, 0.29) is 6.42 Å². The first-order valence-corrected chi connectivity index (χ1v) is 4.13. The van der Waals surface area contributed by atoms with Crippen molar-refractivity contribution < 1.29 is 9.90 Å². The van der Waals surface area contributed by atoms with Crippen molar-refractivity contribution in [1.29, 1.82) is 0 Å². The van der Waals surface area contributed by atoms with Crippen molar-refractivity contribution in [3.63, 3.8) is 0 Å². The lowest BCUT2D eigenvalue weighted by molar-refractivity contribution is -0.136. The molecule has 0 spiro atoms. The van der Waals surface area contributed by atoms with Gasteiger partial charge >= 0.3 is 5.97 Å². The van der Waals surface area contributed by atoms with Crippen LogP contribution in [0.4, 0.5) is 0 Å². The van der Waals surface area contributed by atoms with Crippen molar-refractivity contribution in [3.8, 4) is 0 Å². The van der Waals surface area contributed by atoms with E-state index >= 15 is 0 Å². The Hall–Kier alpha value is -0.960. The van der Waals surface area contributed by atoms with Crippen LogP contribution in [-0.2, 0) is 11.2 Å². The number of carboxylic acid groups (broad SMARTS) is 1. The number of hydrogen-bond acceptors (Lipinski definition) is 2. The summed E-state index contributed by atoms with van der Waals surface area (Å²) in [7, 11) is 0. The fourth-order valence-corrected chi connectivity index (χ4v) is 1.22. The van der Waals surface area contributed by atoms with E-state index in [1.165, 1.54) is 0 Å². The van der Waals surface area contributed by atoms with Gasteiger partial charge in [-0.1, -0.05) is 12.1 Å². The summed E-state index contributed by atoms with van der Waals surface area (Å²) in [6, 6.07) is 7.53. The predicted molar refractivity (Wildman–Crippen MR) is 49.7 cm³/mol. The van der Waals surface area contributed by atoms with E-state index < -0.39 is 5.97 Å². The molecular formula is C9H10O2S. The second kappa shape index (κ2) is 4.16. The maximum Gasteiger partial charge on any atom is 0.303 e. The van der Waals surface area contributed by atoms with Crippen LogP contribution in [0.1, 0.15) is 12.0 Å². The van der Waals surface area contributed by atoms with Crippen LogP contribution in [-0.4, -0.2) is 11.1 Å². The molecule has 1 aromatic carbocycles. The van der Waals surface area contributed by atoms with Gasteiger partial charge in [0.2, 0.25) is 0 Å². The van der Waals surface area contributed by atoms with Gasteiger partial charge in [0.05, 0.1) is 0 Å². The van der Waals surface area contributed by atoms with E-state index in [0.717, 1.165) is 10.5 Å². The number of hydrogen-bond donors (Lipinski definition) is 2. The van der Waals surface area contributed by atoms with Crippen molar-refractivity contribution in [2.24, 2.45) is 0 Å². The molecule has 0 aliphatic heterocycles. The van der Waals surface area contributed by atoms with Gasteiger partial charge in [-0.2, -0.15) is 0 Å². The first kappa shape index (κ1) is 9.13. The molecule has 0 unspecified atom stereocenters. The van der Waals surface area contributed by atoms with Crippen molar-refractivity contribution in [2.75, 3.05) is 0 Å². The molecule has 0 heterocycles. The molecule has 0 saturated carbocycles. The third kappa shape index (κ3) is 2.96. The fourth-order valence-electron chi connectivity index (χ4n) is 0.963. The van der Waals surface area contributed by atoms with Gasteiger partial charge in [-0.3, -0.25) is 4.79 Å². The molecular weight excluding hydrogens is 172 g/mol. The number of aryl methyl sites for hydroxylation is 1. The van der Waals surface area contributed by atoms with Crippen LogP contribution in [0.5, 0.6) is 0 Å². The highest BCUT2D eigenvalue weighted by molar-refractivity contribution is 7.80. The standard InChI is InChI=1S/C9H10O2S/c10-9(11)5-4-7-2-1-3-8(12)6-7/h1-3,6,12H,4-5H2,(H,10,11).